The second kappa shape index (κ2) is 4.46. The molecule has 1 atom stereocenters. The first kappa shape index (κ1) is 14.3. The smallest absolute Gasteiger partial charge is 0.358 e. The van der Waals surface area contributed by atoms with Gasteiger partial charge in [0.05, 0.1) is 11.5 Å². The molecule has 1 aliphatic rings. The third-order valence-corrected chi connectivity index (χ3v) is 4.04. The zero-order valence-corrected chi connectivity index (χ0v) is 10.7. The number of rotatable bonds is 4. The fourth-order valence-electron chi connectivity index (χ4n) is 1.36. The first-order valence-corrected chi connectivity index (χ1v) is 6.74. The van der Waals surface area contributed by atoms with Crippen molar-refractivity contribution in [1.29, 1.82) is 0 Å². The van der Waals surface area contributed by atoms with Crippen LogP contribution in [0.1, 0.15) is 5.56 Å². The summed E-state index contributed by atoms with van der Waals surface area (Å²) in [5.74, 6) is 0. The molecule has 1 aromatic rings. The van der Waals surface area contributed by atoms with Crippen molar-refractivity contribution >= 4 is 10.1 Å². The van der Waals surface area contributed by atoms with Crippen molar-refractivity contribution in [2.45, 2.75) is 23.6 Å². The highest BCUT2D eigenvalue weighted by Gasteiger charge is 2.66. The van der Waals surface area contributed by atoms with Crippen molar-refractivity contribution in [3.8, 4) is 0 Å². The summed E-state index contributed by atoms with van der Waals surface area (Å²) in [4.78, 5) is -0.184. The van der Waals surface area contributed by atoms with Gasteiger partial charge in [0.15, 0.2) is 0 Å². The van der Waals surface area contributed by atoms with Crippen LogP contribution in [-0.2, 0) is 19.0 Å². The van der Waals surface area contributed by atoms with Gasteiger partial charge in [-0.15, -0.1) is 0 Å². The molecule has 1 aromatic carbocycles. The Balaban J connectivity index is 2.09. The van der Waals surface area contributed by atoms with Gasteiger partial charge < -0.3 is 4.74 Å². The summed E-state index contributed by atoms with van der Waals surface area (Å²) in [6.07, 6.45) is -4.64. The molecule has 1 saturated heterocycles. The fourth-order valence-corrected chi connectivity index (χ4v) is 2.31. The van der Waals surface area contributed by atoms with E-state index in [0.29, 0.717) is 0 Å². The summed E-state index contributed by atoms with van der Waals surface area (Å²) >= 11 is 0. The summed E-state index contributed by atoms with van der Waals surface area (Å²) in [6, 6.07) is 5.62. The normalized spacial score (nSPS) is 23.4. The van der Waals surface area contributed by atoms with E-state index in [-0.39, 0.29) is 4.90 Å². The average Bonchev–Trinajstić information content (AvgIpc) is 3.07. The maximum absolute atomic E-state index is 12.5. The molecule has 0 amide bonds. The summed E-state index contributed by atoms with van der Waals surface area (Å²) < 4.78 is 69.7. The van der Waals surface area contributed by atoms with Gasteiger partial charge in [-0.25, -0.2) is 0 Å². The molecule has 19 heavy (non-hydrogen) atoms. The molecule has 4 nitrogen and oxygen atoms in total. The molecule has 0 bridgehead atoms. The minimum atomic E-state index is -4.64. The van der Waals surface area contributed by atoms with E-state index in [9.17, 15) is 21.6 Å². The second-order valence-corrected chi connectivity index (χ2v) is 5.93. The topological polar surface area (TPSA) is 55.9 Å². The molecule has 0 spiro atoms. The molecule has 0 aromatic heterocycles. The van der Waals surface area contributed by atoms with E-state index in [1.54, 1.807) is 6.92 Å². The van der Waals surface area contributed by atoms with Gasteiger partial charge in [0, 0.05) is 0 Å². The highest BCUT2D eigenvalue weighted by Crippen LogP contribution is 2.44. The number of epoxide rings is 1. The molecule has 8 heteroatoms. The highest BCUT2D eigenvalue weighted by molar-refractivity contribution is 7.86. The van der Waals surface area contributed by atoms with Crippen molar-refractivity contribution in [1.82, 2.24) is 0 Å². The molecule has 0 saturated carbocycles. The van der Waals surface area contributed by atoms with Gasteiger partial charge in [0.2, 0.25) is 5.60 Å². The van der Waals surface area contributed by atoms with Crippen molar-refractivity contribution < 1.29 is 30.5 Å². The zero-order valence-electron chi connectivity index (χ0n) is 9.90. The SMILES string of the molecule is Cc1ccc(S(=O)(=O)OCC2(C(F)(F)F)CO2)cc1. The minimum absolute atomic E-state index is 0.184. The standard InChI is InChI=1S/C11H11F3O4S/c1-8-2-4-9(5-3-8)19(15,16)18-7-10(6-17-10)11(12,13)14/h2-5H,6-7H2,1H3. The molecule has 1 heterocycles. The summed E-state index contributed by atoms with van der Waals surface area (Å²) in [5.41, 5.74) is -1.65. The van der Waals surface area contributed by atoms with Crippen LogP contribution in [0.25, 0.3) is 0 Å². The Hall–Kier alpha value is -1.12. The first-order chi connectivity index (χ1) is 8.66. The monoisotopic (exact) mass is 296 g/mol. The summed E-state index contributed by atoms with van der Waals surface area (Å²) in [5, 5.41) is 0. The Morgan fingerprint density at radius 2 is 1.84 bits per heavy atom. The molecule has 1 fully saturated rings. The van der Waals surface area contributed by atoms with Gasteiger partial charge in [-0.3, -0.25) is 4.18 Å². The molecule has 0 aliphatic carbocycles. The molecule has 106 valence electrons. The van der Waals surface area contributed by atoms with Crippen LogP contribution in [0.15, 0.2) is 29.2 Å². The van der Waals surface area contributed by atoms with Crippen LogP contribution in [0.5, 0.6) is 0 Å². The van der Waals surface area contributed by atoms with E-state index in [0.717, 1.165) is 5.56 Å². The van der Waals surface area contributed by atoms with E-state index < -0.39 is 35.1 Å². The number of halogens is 3. The maximum Gasteiger partial charge on any atom is 0.422 e. The average molecular weight is 296 g/mol. The van der Waals surface area contributed by atoms with E-state index in [4.69, 9.17) is 0 Å². The molecule has 1 aliphatic heterocycles. The summed E-state index contributed by atoms with van der Waals surface area (Å²) in [7, 11) is -4.21. The van der Waals surface area contributed by atoms with Gasteiger partial charge in [0.25, 0.3) is 10.1 Å². The lowest BCUT2D eigenvalue weighted by Gasteiger charge is -2.15. The van der Waals surface area contributed by atoms with E-state index >= 15 is 0 Å². The van der Waals surface area contributed by atoms with Crippen molar-refractivity contribution in [3.05, 3.63) is 29.8 Å². The van der Waals surface area contributed by atoms with Crippen LogP contribution in [-0.4, -0.2) is 33.4 Å². The number of alkyl halides is 3. The van der Waals surface area contributed by atoms with Gasteiger partial charge in [-0.1, -0.05) is 17.7 Å². The van der Waals surface area contributed by atoms with E-state index in [2.05, 4.69) is 8.92 Å². The lowest BCUT2D eigenvalue weighted by Crippen LogP contribution is -2.38. The molecular weight excluding hydrogens is 285 g/mol. The Labute approximate surface area is 108 Å². The van der Waals surface area contributed by atoms with Crippen LogP contribution in [0.2, 0.25) is 0 Å². The zero-order chi connectivity index (χ0) is 14.3. The van der Waals surface area contributed by atoms with E-state index in [1.807, 2.05) is 0 Å². The second-order valence-electron chi connectivity index (χ2n) is 4.31. The van der Waals surface area contributed by atoms with Gasteiger partial charge in [0.1, 0.15) is 6.61 Å². The van der Waals surface area contributed by atoms with Gasteiger partial charge in [-0.2, -0.15) is 21.6 Å². The van der Waals surface area contributed by atoms with Crippen LogP contribution >= 0.6 is 0 Å². The molecule has 0 radical (unpaired) electrons. The minimum Gasteiger partial charge on any atom is -0.358 e. The van der Waals surface area contributed by atoms with Crippen LogP contribution < -0.4 is 0 Å². The van der Waals surface area contributed by atoms with Crippen LogP contribution in [0, 0.1) is 6.92 Å². The highest BCUT2D eigenvalue weighted by atomic mass is 32.2. The lowest BCUT2D eigenvalue weighted by atomic mass is 10.2. The number of aryl methyl sites for hydroxylation is 1. The number of hydrogen-bond donors (Lipinski definition) is 0. The quantitative estimate of drug-likeness (QED) is 0.630. The predicted molar refractivity (Wildman–Crippen MR) is 59.1 cm³/mol. The van der Waals surface area contributed by atoms with Crippen LogP contribution in [0.3, 0.4) is 0 Å². The van der Waals surface area contributed by atoms with Crippen molar-refractivity contribution in [3.63, 3.8) is 0 Å². The third-order valence-electron chi connectivity index (χ3n) is 2.77. The molecule has 2 rings (SSSR count). The summed E-state index contributed by atoms with van der Waals surface area (Å²) in [6.45, 7) is 0.112. The van der Waals surface area contributed by atoms with Gasteiger partial charge in [-0.05, 0) is 19.1 Å². The lowest BCUT2D eigenvalue weighted by molar-refractivity contribution is -0.190. The Morgan fingerprint density at radius 3 is 2.26 bits per heavy atom. The van der Waals surface area contributed by atoms with Gasteiger partial charge >= 0.3 is 6.18 Å². The number of ether oxygens (including phenoxy) is 1. The first-order valence-electron chi connectivity index (χ1n) is 5.33. The predicted octanol–water partition coefficient (Wildman–Crippen LogP) is 2.03. The fraction of sp³-hybridized carbons (Fsp3) is 0.455. The van der Waals surface area contributed by atoms with Crippen molar-refractivity contribution in [2.75, 3.05) is 13.2 Å². The van der Waals surface area contributed by atoms with Crippen molar-refractivity contribution in [2.24, 2.45) is 0 Å². The Kier molecular flexibility index (Phi) is 3.36. The Morgan fingerprint density at radius 1 is 1.32 bits per heavy atom. The number of benzene rings is 1. The maximum atomic E-state index is 12.5. The molecule has 1 unspecified atom stereocenters. The van der Waals surface area contributed by atoms with E-state index in [1.165, 1.54) is 24.3 Å². The third kappa shape index (κ3) is 2.90. The number of hydrogen-bond acceptors (Lipinski definition) is 4. The molecule has 0 N–H and O–H groups in total. The van der Waals surface area contributed by atoms with Crippen LogP contribution in [0.4, 0.5) is 13.2 Å². The largest absolute Gasteiger partial charge is 0.422 e. The molecular formula is C11H11F3O4S. The Bertz CT molecular complexity index is 559.